The third kappa shape index (κ3) is 5.16. The van der Waals surface area contributed by atoms with Crippen molar-refractivity contribution < 1.29 is 28.9 Å². The average Bonchev–Trinajstić information content (AvgIpc) is 3.18. The number of amides is 1. The van der Waals surface area contributed by atoms with Crippen LogP contribution in [0.1, 0.15) is 43.0 Å². The molecule has 1 amide bonds. The van der Waals surface area contributed by atoms with Gasteiger partial charge in [-0.2, -0.15) is 0 Å². The van der Waals surface area contributed by atoms with Gasteiger partial charge in [0.1, 0.15) is 23.0 Å². The van der Waals surface area contributed by atoms with E-state index in [0.717, 1.165) is 12.0 Å². The number of nitrogens with zero attached hydrogens (tertiary/aromatic N) is 1. The zero-order valence-electron chi connectivity index (χ0n) is 21.5. The molecule has 0 spiro atoms. The van der Waals surface area contributed by atoms with Gasteiger partial charge in [-0.05, 0) is 73.9 Å². The number of aliphatic hydroxyl groups is 1. The van der Waals surface area contributed by atoms with E-state index < -0.39 is 17.7 Å². The van der Waals surface area contributed by atoms with Gasteiger partial charge in [0.2, 0.25) is 0 Å². The summed E-state index contributed by atoms with van der Waals surface area (Å²) in [5, 5.41) is 11.4. The number of ketones is 1. The Balaban J connectivity index is 1.87. The highest BCUT2D eigenvalue weighted by Gasteiger charge is 2.47. The summed E-state index contributed by atoms with van der Waals surface area (Å²) in [5.74, 6) is 0.188. The predicted octanol–water partition coefficient (Wildman–Crippen LogP) is 5.82. The fourth-order valence-electron chi connectivity index (χ4n) is 4.41. The quantitative estimate of drug-likeness (QED) is 0.226. The largest absolute Gasteiger partial charge is 0.507 e. The molecule has 0 aromatic heterocycles. The van der Waals surface area contributed by atoms with Gasteiger partial charge in [0.15, 0.2) is 0 Å². The van der Waals surface area contributed by atoms with Crippen LogP contribution in [0.5, 0.6) is 17.2 Å². The van der Waals surface area contributed by atoms with Crippen molar-refractivity contribution in [3.8, 4) is 17.2 Å². The summed E-state index contributed by atoms with van der Waals surface area (Å²) in [6.07, 6.45) is 0.874. The van der Waals surface area contributed by atoms with Crippen molar-refractivity contribution in [2.45, 2.75) is 33.2 Å². The Morgan fingerprint density at radius 2 is 1.70 bits per heavy atom. The Morgan fingerprint density at radius 1 is 0.946 bits per heavy atom. The van der Waals surface area contributed by atoms with Crippen molar-refractivity contribution in [3.05, 3.63) is 89.0 Å². The van der Waals surface area contributed by atoms with Gasteiger partial charge in [0.05, 0.1) is 31.9 Å². The van der Waals surface area contributed by atoms with Crippen LogP contribution in [0.25, 0.3) is 5.76 Å². The zero-order chi connectivity index (χ0) is 26.5. The Bertz CT molecular complexity index is 1330. The smallest absolute Gasteiger partial charge is 0.300 e. The standard InChI is InChI=1S/C30H31NO6/c1-5-16-37-23-13-10-20(11-14-23)27-26(28(32)21-12-15-25(36-6-2)19(3)17-21)29(33)30(34)31(27)22-8-7-9-24(18-22)35-4/h7-15,17-18,27,32H,5-6,16H2,1-4H3/b28-26+. The number of benzene rings is 3. The number of ether oxygens (including phenoxy) is 3. The van der Waals surface area contributed by atoms with E-state index in [9.17, 15) is 14.7 Å². The molecular weight excluding hydrogens is 470 g/mol. The zero-order valence-corrected chi connectivity index (χ0v) is 21.5. The predicted molar refractivity (Wildman–Crippen MR) is 142 cm³/mol. The van der Waals surface area contributed by atoms with Crippen LogP contribution in [-0.2, 0) is 9.59 Å². The first-order valence-corrected chi connectivity index (χ1v) is 12.3. The lowest BCUT2D eigenvalue weighted by atomic mass is 9.94. The van der Waals surface area contributed by atoms with E-state index in [2.05, 4.69) is 0 Å². The highest BCUT2D eigenvalue weighted by atomic mass is 16.5. The summed E-state index contributed by atoms with van der Waals surface area (Å²) in [5.41, 5.74) is 2.40. The average molecular weight is 502 g/mol. The number of Topliss-reactive ketones (excluding diaryl/α,β-unsaturated/α-hetero) is 1. The maximum atomic E-state index is 13.4. The Hall–Kier alpha value is -4.26. The molecule has 7 heteroatoms. The highest BCUT2D eigenvalue weighted by molar-refractivity contribution is 6.51. The number of carbonyl (C=O) groups excluding carboxylic acids is 2. The van der Waals surface area contributed by atoms with Crippen LogP contribution in [0.15, 0.2) is 72.3 Å². The monoisotopic (exact) mass is 501 g/mol. The van der Waals surface area contributed by atoms with Gasteiger partial charge in [-0.3, -0.25) is 14.5 Å². The molecule has 0 bridgehead atoms. The lowest BCUT2D eigenvalue weighted by Crippen LogP contribution is -2.29. The van der Waals surface area contributed by atoms with Crippen LogP contribution in [0, 0.1) is 6.92 Å². The Kier molecular flexibility index (Phi) is 7.82. The number of anilines is 1. The van der Waals surface area contributed by atoms with Crippen molar-refractivity contribution in [3.63, 3.8) is 0 Å². The number of aryl methyl sites for hydroxylation is 1. The minimum Gasteiger partial charge on any atom is -0.507 e. The minimum atomic E-state index is -0.848. The SMILES string of the molecule is CCCOc1ccc(C2/C(=C(\O)c3ccc(OCC)c(C)c3)C(=O)C(=O)N2c2cccc(OC)c2)cc1. The second-order valence-corrected chi connectivity index (χ2v) is 8.70. The van der Waals surface area contributed by atoms with Crippen LogP contribution in [0.2, 0.25) is 0 Å². The molecular formula is C30H31NO6. The summed E-state index contributed by atoms with van der Waals surface area (Å²) in [7, 11) is 1.54. The van der Waals surface area contributed by atoms with Gasteiger partial charge in [-0.25, -0.2) is 0 Å². The molecule has 1 N–H and O–H groups in total. The van der Waals surface area contributed by atoms with Crippen LogP contribution < -0.4 is 19.1 Å². The second kappa shape index (κ2) is 11.2. The number of methoxy groups -OCH3 is 1. The number of carbonyl (C=O) groups is 2. The Labute approximate surface area is 216 Å². The summed E-state index contributed by atoms with van der Waals surface area (Å²) >= 11 is 0. The molecule has 1 saturated heterocycles. The van der Waals surface area contributed by atoms with Gasteiger partial charge < -0.3 is 19.3 Å². The maximum absolute atomic E-state index is 13.4. The van der Waals surface area contributed by atoms with E-state index in [1.54, 1.807) is 54.6 Å². The van der Waals surface area contributed by atoms with E-state index in [1.807, 2.05) is 32.9 Å². The van der Waals surface area contributed by atoms with Crippen molar-refractivity contribution in [2.24, 2.45) is 0 Å². The molecule has 1 heterocycles. The lowest BCUT2D eigenvalue weighted by Gasteiger charge is -2.26. The molecule has 1 aliphatic rings. The summed E-state index contributed by atoms with van der Waals surface area (Å²) in [6.45, 7) is 6.88. The first-order valence-electron chi connectivity index (χ1n) is 12.3. The molecule has 4 rings (SSSR count). The van der Waals surface area contributed by atoms with E-state index in [4.69, 9.17) is 14.2 Å². The van der Waals surface area contributed by atoms with Crippen molar-refractivity contribution in [2.75, 3.05) is 25.2 Å². The van der Waals surface area contributed by atoms with E-state index in [1.165, 1.54) is 12.0 Å². The molecule has 1 fully saturated rings. The molecule has 0 radical (unpaired) electrons. The van der Waals surface area contributed by atoms with Crippen LogP contribution in [-0.4, -0.2) is 37.1 Å². The molecule has 1 atom stereocenters. The van der Waals surface area contributed by atoms with E-state index in [0.29, 0.717) is 47.3 Å². The number of hydrogen-bond donors (Lipinski definition) is 1. The van der Waals surface area contributed by atoms with Crippen LogP contribution in [0.4, 0.5) is 5.69 Å². The maximum Gasteiger partial charge on any atom is 0.300 e. The second-order valence-electron chi connectivity index (χ2n) is 8.70. The number of aliphatic hydroxyl groups excluding tert-OH is 1. The van der Waals surface area contributed by atoms with E-state index >= 15 is 0 Å². The van der Waals surface area contributed by atoms with Crippen LogP contribution >= 0.6 is 0 Å². The third-order valence-corrected chi connectivity index (χ3v) is 6.19. The van der Waals surface area contributed by atoms with Gasteiger partial charge in [-0.1, -0.05) is 25.1 Å². The van der Waals surface area contributed by atoms with Crippen molar-refractivity contribution in [1.82, 2.24) is 0 Å². The van der Waals surface area contributed by atoms with Gasteiger partial charge >= 0.3 is 0 Å². The fourth-order valence-corrected chi connectivity index (χ4v) is 4.41. The molecule has 3 aromatic carbocycles. The van der Waals surface area contributed by atoms with Gasteiger partial charge in [0, 0.05) is 17.3 Å². The Morgan fingerprint density at radius 3 is 2.35 bits per heavy atom. The first kappa shape index (κ1) is 25.8. The normalized spacial score (nSPS) is 16.6. The summed E-state index contributed by atoms with van der Waals surface area (Å²) < 4.78 is 16.7. The molecule has 192 valence electrons. The molecule has 3 aromatic rings. The number of rotatable bonds is 9. The minimum absolute atomic E-state index is 0.0126. The summed E-state index contributed by atoms with van der Waals surface area (Å²) in [4.78, 5) is 28.2. The number of hydrogen-bond acceptors (Lipinski definition) is 6. The first-order chi connectivity index (χ1) is 17.9. The fraction of sp³-hybridized carbons (Fsp3) is 0.267. The molecule has 1 aliphatic heterocycles. The van der Waals surface area contributed by atoms with Gasteiger partial charge in [0.25, 0.3) is 11.7 Å². The summed E-state index contributed by atoms with van der Waals surface area (Å²) in [6, 6.07) is 18.5. The van der Waals surface area contributed by atoms with Crippen molar-refractivity contribution in [1.29, 1.82) is 0 Å². The topological polar surface area (TPSA) is 85.3 Å². The van der Waals surface area contributed by atoms with Gasteiger partial charge in [-0.15, -0.1) is 0 Å². The van der Waals surface area contributed by atoms with Crippen molar-refractivity contribution >= 4 is 23.1 Å². The molecule has 7 nitrogen and oxygen atoms in total. The third-order valence-electron chi connectivity index (χ3n) is 6.19. The van der Waals surface area contributed by atoms with E-state index in [-0.39, 0.29) is 11.3 Å². The molecule has 0 saturated carbocycles. The lowest BCUT2D eigenvalue weighted by molar-refractivity contribution is -0.132. The van der Waals surface area contributed by atoms with Crippen LogP contribution in [0.3, 0.4) is 0 Å². The molecule has 0 aliphatic carbocycles. The highest BCUT2D eigenvalue weighted by Crippen LogP contribution is 2.43. The molecule has 37 heavy (non-hydrogen) atoms. The molecule has 1 unspecified atom stereocenters.